The Bertz CT molecular complexity index is 987. The van der Waals surface area contributed by atoms with Gasteiger partial charge >= 0.3 is 5.97 Å². The molecule has 0 radical (unpaired) electrons. The average molecular weight is 453 g/mol. The minimum atomic E-state index is -0.761. The van der Waals surface area contributed by atoms with Crippen LogP contribution in [0.2, 0.25) is 0 Å². The van der Waals surface area contributed by atoms with Crippen molar-refractivity contribution in [3.05, 3.63) is 23.3 Å². The van der Waals surface area contributed by atoms with E-state index < -0.39 is 11.4 Å². The number of carboxylic acid groups (broad SMARTS) is 1. The maximum Gasteiger partial charge on any atom is 0.313 e. The standard InChI is InChI=1S/C30H44O3/c1-25(2)21-10-13-30(7)22(28(21,5)12-11-23(25)31)9-8-19-20-18-27(4,24(32)33)15-14-26(20,3)16-17-29(19,30)6/h8,18,21-22H,9-17H2,1-7H3,(H,32,33)/t21-,22?,26+,27+,28-,29+,30+/m0/s1. The van der Waals surface area contributed by atoms with E-state index in [0.29, 0.717) is 17.6 Å². The van der Waals surface area contributed by atoms with E-state index in [9.17, 15) is 14.7 Å². The first kappa shape index (κ1) is 23.4. The second kappa shape index (κ2) is 6.64. The topological polar surface area (TPSA) is 54.4 Å². The molecular weight excluding hydrogens is 408 g/mol. The Kier molecular flexibility index (Phi) is 4.70. The van der Waals surface area contributed by atoms with Gasteiger partial charge in [0, 0.05) is 11.8 Å². The lowest BCUT2D eigenvalue weighted by Gasteiger charge is -2.69. The van der Waals surface area contributed by atoms with Crippen LogP contribution >= 0.6 is 0 Å². The van der Waals surface area contributed by atoms with Crippen LogP contribution in [0.1, 0.15) is 106 Å². The summed E-state index contributed by atoms with van der Waals surface area (Å²) in [4.78, 5) is 25.1. The fraction of sp³-hybridized carbons (Fsp3) is 0.800. The Labute approximate surface area is 200 Å². The zero-order valence-electron chi connectivity index (χ0n) is 21.9. The summed E-state index contributed by atoms with van der Waals surface area (Å²) in [6.07, 6.45) is 13.8. The highest BCUT2D eigenvalue weighted by molar-refractivity contribution is 5.85. The molecule has 1 unspecified atom stereocenters. The van der Waals surface area contributed by atoms with E-state index in [1.807, 2.05) is 6.92 Å². The molecule has 0 aromatic rings. The molecule has 5 aliphatic carbocycles. The van der Waals surface area contributed by atoms with E-state index in [2.05, 4.69) is 53.7 Å². The molecule has 3 heteroatoms. The van der Waals surface area contributed by atoms with Gasteiger partial charge in [0.25, 0.3) is 0 Å². The summed E-state index contributed by atoms with van der Waals surface area (Å²) >= 11 is 0. The normalized spacial score (nSPS) is 50.7. The van der Waals surface area contributed by atoms with Crippen LogP contribution in [-0.2, 0) is 9.59 Å². The van der Waals surface area contributed by atoms with Crippen molar-refractivity contribution in [1.82, 2.24) is 0 Å². The van der Waals surface area contributed by atoms with Crippen LogP contribution in [0, 0.1) is 44.3 Å². The van der Waals surface area contributed by atoms with Crippen molar-refractivity contribution in [1.29, 1.82) is 0 Å². The summed E-state index contributed by atoms with van der Waals surface area (Å²) in [6.45, 7) is 16.3. The Morgan fingerprint density at radius 1 is 0.879 bits per heavy atom. The van der Waals surface area contributed by atoms with Crippen molar-refractivity contribution in [2.75, 3.05) is 0 Å². The first-order chi connectivity index (χ1) is 15.1. The van der Waals surface area contributed by atoms with Crippen LogP contribution in [0.15, 0.2) is 23.3 Å². The van der Waals surface area contributed by atoms with E-state index in [1.165, 1.54) is 24.0 Å². The number of allylic oxidation sites excluding steroid dienone is 3. The van der Waals surface area contributed by atoms with Gasteiger partial charge in [-0.1, -0.05) is 53.7 Å². The van der Waals surface area contributed by atoms with E-state index in [1.54, 1.807) is 0 Å². The van der Waals surface area contributed by atoms with Gasteiger partial charge in [0.2, 0.25) is 0 Å². The molecule has 33 heavy (non-hydrogen) atoms. The average Bonchev–Trinajstić information content (AvgIpc) is 2.73. The number of fused-ring (bicyclic) bond motifs is 7. The van der Waals surface area contributed by atoms with Gasteiger partial charge in [0.1, 0.15) is 5.78 Å². The molecule has 0 spiro atoms. The summed E-state index contributed by atoms with van der Waals surface area (Å²) < 4.78 is 0. The van der Waals surface area contributed by atoms with Gasteiger partial charge < -0.3 is 5.11 Å². The number of Topliss-reactive ketones (excluding diaryl/α,β-unsaturated/α-hetero) is 1. The molecule has 0 saturated heterocycles. The van der Waals surface area contributed by atoms with E-state index in [-0.39, 0.29) is 27.1 Å². The molecule has 5 aliphatic rings. The fourth-order valence-electron chi connectivity index (χ4n) is 9.73. The Hall–Kier alpha value is -1.38. The monoisotopic (exact) mass is 452 g/mol. The van der Waals surface area contributed by atoms with Gasteiger partial charge in [-0.3, -0.25) is 9.59 Å². The van der Waals surface area contributed by atoms with Crippen molar-refractivity contribution in [3.8, 4) is 0 Å². The van der Waals surface area contributed by atoms with Crippen LogP contribution in [-0.4, -0.2) is 16.9 Å². The van der Waals surface area contributed by atoms with Crippen molar-refractivity contribution in [2.24, 2.45) is 44.3 Å². The summed E-state index contributed by atoms with van der Waals surface area (Å²) in [5, 5.41) is 10.0. The van der Waals surface area contributed by atoms with Crippen LogP contribution < -0.4 is 0 Å². The minimum Gasteiger partial charge on any atom is -0.481 e. The molecule has 7 atom stereocenters. The molecule has 3 nitrogen and oxygen atoms in total. The first-order valence-corrected chi connectivity index (χ1v) is 13.4. The number of hydrogen-bond donors (Lipinski definition) is 1. The van der Waals surface area contributed by atoms with Crippen LogP contribution in [0.25, 0.3) is 0 Å². The largest absolute Gasteiger partial charge is 0.481 e. The number of ketones is 1. The minimum absolute atomic E-state index is 0.0671. The second-order valence-electron chi connectivity index (χ2n) is 14.2. The number of hydrogen-bond acceptors (Lipinski definition) is 2. The third kappa shape index (κ3) is 2.74. The maximum absolute atomic E-state index is 12.9. The van der Waals surface area contributed by atoms with Crippen molar-refractivity contribution in [3.63, 3.8) is 0 Å². The fourth-order valence-corrected chi connectivity index (χ4v) is 9.73. The lowest BCUT2D eigenvalue weighted by atomic mass is 9.34. The van der Waals surface area contributed by atoms with Gasteiger partial charge in [0.15, 0.2) is 0 Å². The van der Waals surface area contributed by atoms with Crippen LogP contribution in [0.5, 0.6) is 0 Å². The molecule has 0 amide bonds. The molecule has 3 fully saturated rings. The van der Waals surface area contributed by atoms with Crippen LogP contribution in [0.3, 0.4) is 0 Å². The predicted molar refractivity (Wildman–Crippen MR) is 132 cm³/mol. The van der Waals surface area contributed by atoms with Gasteiger partial charge in [-0.15, -0.1) is 0 Å². The number of rotatable bonds is 1. The summed E-state index contributed by atoms with van der Waals surface area (Å²) in [5.41, 5.74) is 2.36. The molecule has 0 bridgehead atoms. The second-order valence-corrected chi connectivity index (χ2v) is 14.2. The van der Waals surface area contributed by atoms with E-state index in [0.717, 1.165) is 44.9 Å². The van der Waals surface area contributed by atoms with E-state index >= 15 is 0 Å². The zero-order chi connectivity index (χ0) is 24.2. The van der Waals surface area contributed by atoms with E-state index in [4.69, 9.17) is 0 Å². The number of aliphatic carboxylic acids is 1. The van der Waals surface area contributed by atoms with Crippen molar-refractivity contribution < 1.29 is 14.7 Å². The number of carbonyl (C=O) groups is 2. The molecule has 0 aromatic heterocycles. The number of carbonyl (C=O) groups excluding carboxylic acids is 1. The summed E-state index contributed by atoms with van der Waals surface area (Å²) in [5.74, 6) is 0.803. The maximum atomic E-state index is 12.9. The zero-order valence-corrected chi connectivity index (χ0v) is 21.9. The molecule has 0 heterocycles. The van der Waals surface area contributed by atoms with Gasteiger partial charge in [-0.2, -0.15) is 0 Å². The van der Waals surface area contributed by atoms with Gasteiger partial charge in [-0.05, 0) is 103 Å². The first-order valence-electron chi connectivity index (χ1n) is 13.4. The highest BCUT2D eigenvalue weighted by Gasteiger charge is 2.67. The molecule has 0 aromatic carbocycles. The molecule has 1 N–H and O–H groups in total. The van der Waals surface area contributed by atoms with Crippen LogP contribution in [0.4, 0.5) is 0 Å². The highest BCUT2D eigenvalue weighted by atomic mass is 16.4. The number of carboxylic acids is 1. The SMILES string of the molecule is CC1(C)C(=O)CC[C@]2(C)C3CC=C4C5=C[C@](C)(C(=O)O)CC[C@]5(C)CC[C@@]4(C)[C@]3(C)CC[C@@H]12. The van der Waals surface area contributed by atoms with Crippen molar-refractivity contribution in [2.45, 2.75) is 106 Å². The Balaban J connectivity index is 1.63. The molecule has 182 valence electrons. The summed E-state index contributed by atoms with van der Waals surface area (Å²) in [7, 11) is 0. The van der Waals surface area contributed by atoms with Gasteiger partial charge in [-0.25, -0.2) is 0 Å². The van der Waals surface area contributed by atoms with Crippen molar-refractivity contribution >= 4 is 11.8 Å². The third-order valence-corrected chi connectivity index (χ3v) is 12.5. The van der Waals surface area contributed by atoms with Gasteiger partial charge in [0.05, 0.1) is 5.41 Å². The lowest BCUT2D eigenvalue weighted by Crippen LogP contribution is -2.63. The smallest absolute Gasteiger partial charge is 0.313 e. The summed E-state index contributed by atoms with van der Waals surface area (Å²) in [6, 6.07) is 0. The lowest BCUT2D eigenvalue weighted by molar-refractivity contribution is -0.178. The Morgan fingerprint density at radius 3 is 2.21 bits per heavy atom. The Morgan fingerprint density at radius 2 is 1.55 bits per heavy atom. The molecule has 3 saturated carbocycles. The highest BCUT2D eigenvalue weighted by Crippen LogP contribution is 2.74. The predicted octanol–water partition coefficient (Wildman–Crippen LogP) is 7.36. The quantitative estimate of drug-likeness (QED) is 0.452. The molecular formula is C30H44O3. The molecule has 0 aliphatic heterocycles. The molecule has 5 rings (SSSR count). The third-order valence-electron chi connectivity index (χ3n) is 12.5.